The number of thiophene rings is 1. The molecule has 2 heterocycles. The standard InChI is InChI=1S/C21H25N3O2S/c1-3-26-14-8-9-17-13(10-14)11-15-18(22)19(27-21(15)24-17)20(25)23-16-7-5-4-6-12(16)2/h8-12,16H,3-7,22H2,1-2H3,(H,23,25). The van der Waals surface area contributed by atoms with Crippen LogP contribution in [0.2, 0.25) is 0 Å². The smallest absolute Gasteiger partial charge is 0.263 e. The summed E-state index contributed by atoms with van der Waals surface area (Å²) in [6, 6.07) is 8.06. The van der Waals surface area contributed by atoms with Gasteiger partial charge < -0.3 is 15.8 Å². The number of nitrogens with zero attached hydrogens (tertiary/aromatic N) is 1. The van der Waals surface area contributed by atoms with E-state index in [1.165, 1.54) is 30.6 Å². The number of carbonyl (C=O) groups excluding carboxylic acids is 1. The molecular formula is C21H25N3O2S. The van der Waals surface area contributed by atoms with Crippen LogP contribution in [0.3, 0.4) is 0 Å². The van der Waals surface area contributed by atoms with Crippen LogP contribution in [0, 0.1) is 5.92 Å². The summed E-state index contributed by atoms with van der Waals surface area (Å²) >= 11 is 1.37. The van der Waals surface area contributed by atoms with E-state index in [9.17, 15) is 4.79 Å². The van der Waals surface area contributed by atoms with Crippen molar-refractivity contribution >= 4 is 44.1 Å². The Morgan fingerprint density at radius 3 is 2.93 bits per heavy atom. The molecule has 2 aromatic heterocycles. The lowest BCUT2D eigenvalue weighted by atomic mass is 9.86. The molecule has 0 bridgehead atoms. The van der Waals surface area contributed by atoms with Crippen LogP contribution in [0.4, 0.5) is 5.69 Å². The second-order valence-corrected chi connectivity index (χ2v) is 8.31. The van der Waals surface area contributed by atoms with Gasteiger partial charge in [0, 0.05) is 16.8 Å². The molecule has 5 nitrogen and oxygen atoms in total. The molecule has 1 saturated carbocycles. The SMILES string of the molecule is CCOc1ccc2nc3sc(C(=O)NC4CCCCC4C)c(N)c3cc2c1. The molecule has 4 rings (SSSR count). The molecule has 1 fully saturated rings. The van der Waals surface area contributed by atoms with Gasteiger partial charge in [-0.2, -0.15) is 0 Å². The summed E-state index contributed by atoms with van der Waals surface area (Å²) in [6.45, 7) is 4.79. The second kappa shape index (κ2) is 7.35. The van der Waals surface area contributed by atoms with E-state index in [-0.39, 0.29) is 11.9 Å². The number of rotatable bonds is 4. The Bertz CT molecular complexity index is 998. The average molecular weight is 384 g/mol. The Labute approximate surface area is 162 Å². The van der Waals surface area contributed by atoms with Crippen molar-refractivity contribution in [2.24, 2.45) is 5.92 Å². The third kappa shape index (κ3) is 3.46. The number of ether oxygens (including phenoxy) is 1. The summed E-state index contributed by atoms with van der Waals surface area (Å²) in [6.07, 6.45) is 4.63. The number of nitrogens with one attached hydrogen (secondary N) is 1. The maximum atomic E-state index is 12.9. The summed E-state index contributed by atoms with van der Waals surface area (Å²) in [5.41, 5.74) is 7.74. The zero-order valence-corrected chi connectivity index (χ0v) is 16.6. The number of pyridine rings is 1. The lowest BCUT2D eigenvalue weighted by Crippen LogP contribution is -2.40. The minimum atomic E-state index is -0.0756. The topological polar surface area (TPSA) is 77.2 Å². The molecule has 27 heavy (non-hydrogen) atoms. The third-order valence-corrected chi connectivity index (χ3v) is 6.54. The zero-order chi connectivity index (χ0) is 19.0. The maximum absolute atomic E-state index is 12.9. The van der Waals surface area contributed by atoms with Crippen molar-refractivity contribution in [1.29, 1.82) is 0 Å². The van der Waals surface area contributed by atoms with E-state index in [2.05, 4.69) is 12.2 Å². The fourth-order valence-electron chi connectivity index (χ4n) is 3.87. The average Bonchev–Trinajstić information content (AvgIpc) is 2.98. The molecule has 3 N–H and O–H groups in total. The molecule has 2 atom stereocenters. The number of aromatic nitrogens is 1. The molecule has 0 saturated heterocycles. The van der Waals surface area contributed by atoms with Gasteiger partial charge in [-0.1, -0.05) is 19.8 Å². The van der Waals surface area contributed by atoms with E-state index in [0.717, 1.165) is 33.3 Å². The molecule has 1 amide bonds. The molecule has 1 aliphatic rings. The number of carbonyl (C=O) groups is 1. The van der Waals surface area contributed by atoms with Gasteiger partial charge in [0.2, 0.25) is 0 Å². The highest BCUT2D eigenvalue weighted by Crippen LogP contribution is 2.35. The van der Waals surface area contributed by atoms with Gasteiger partial charge in [-0.3, -0.25) is 4.79 Å². The van der Waals surface area contributed by atoms with Gasteiger partial charge in [-0.05, 0) is 49.9 Å². The van der Waals surface area contributed by atoms with Gasteiger partial charge in [0.25, 0.3) is 5.91 Å². The van der Waals surface area contributed by atoms with Crippen molar-refractivity contribution in [3.63, 3.8) is 0 Å². The van der Waals surface area contributed by atoms with Crippen LogP contribution >= 0.6 is 11.3 Å². The summed E-state index contributed by atoms with van der Waals surface area (Å²) in [5, 5.41) is 5.00. The van der Waals surface area contributed by atoms with Gasteiger partial charge in [0.15, 0.2) is 0 Å². The first kappa shape index (κ1) is 18.0. The minimum Gasteiger partial charge on any atom is -0.494 e. The number of fused-ring (bicyclic) bond motifs is 2. The highest BCUT2D eigenvalue weighted by Gasteiger charge is 2.25. The Hall–Kier alpha value is -2.34. The zero-order valence-electron chi connectivity index (χ0n) is 15.7. The number of anilines is 1. The molecule has 2 unspecified atom stereocenters. The Morgan fingerprint density at radius 2 is 2.15 bits per heavy atom. The van der Waals surface area contributed by atoms with Crippen molar-refractivity contribution in [3.8, 4) is 5.75 Å². The summed E-state index contributed by atoms with van der Waals surface area (Å²) < 4.78 is 5.57. The lowest BCUT2D eigenvalue weighted by Gasteiger charge is -2.29. The molecule has 142 valence electrons. The Balaban J connectivity index is 1.68. The minimum absolute atomic E-state index is 0.0756. The number of nitrogen functional groups attached to an aromatic ring is 1. The first-order chi connectivity index (χ1) is 13.1. The van der Waals surface area contributed by atoms with Crippen molar-refractivity contribution in [2.75, 3.05) is 12.3 Å². The number of nitrogens with two attached hydrogens (primary N) is 1. The van der Waals surface area contributed by atoms with Crippen LogP contribution < -0.4 is 15.8 Å². The lowest BCUT2D eigenvalue weighted by molar-refractivity contribution is 0.0915. The molecule has 6 heteroatoms. The molecule has 1 aliphatic carbocycles. The van der Waals surface area contributed by atoms with Crippen LogP contribution in [0.25, 0.3) is 21.1 Å². The predicted octanol–water partition coefficient (Wildman–Crippen LogP) is 4.74. The first-order valence-corrected chi connectivity index (χ1v) is 10.4. The fraction of sp³-hybridized carbons (Fsp3) is 0.429. The molecule has 0 aliphatic heterocycles. The van der Waals surface area contributed by atoms with Gasteiger partial charge in [0.05, 0.1) is 17.8 Å². The van der Waals surface area contributed by atoms with Crippen molar-refractivity contribution < 1.29 is 9.53 Å². The normalized spacial score (nSPS) is 20.1. The third-order valence-electron chi connectivity index (χ3n) is 5.43. The van der Waals surface area contributed by atoms with Crippen LogP contribution in [-0.4, -0.2) is 23.5 Å². The molecule has 1 aromatic carbocycles. The number of amides is 1. The first-order valence-electron chi connectivity index (χ1n) is 9.63. The highest BCUT2D eigenvalue weighted by molar-refractivity contribution is 7.21. The summed E-state index contributed by atoms with van der Waals surface area (Å²) in [7, 11) is 0. The summed E-state index contributed by atoms with van der Waals surface area (Å²) in [5.74, 6) is 1.24. The van der Waals surface area contributed by atoms with Crippen molar-refractivity contribution in [2.45, 2.75) is 45.6 Å². The monoisotopic (exact) mass is 383 g/mol. The van der Waals surface area contributed by atoms with E-state index >= 15 is 0 Å². The van der Waals surface area contributed by atoms with E-state index in [1.54, 1.807) is 0 Å². The van der Waals surface area contributed by atoms with Crippen LogP contribution in [0.5, 0.6) is 5.75 Å². The number of hydrogen-bond donors (Lipinski definition) is 2. The number of benzene rings is 1. The van der Waals surface area contributed by atoms with Gasteiger partial charge in [-0.15, -0.1) is 11.3 Å². The Morgan fingerprint density at radius 1 is 1.33 bits per heavy atom. The van der Waals surface area contributed by atoms with Crippen LogP contribution in [-0.2, 0) is 0 Å². The predicted molar refractivity (Wildman–Crippen MR) is 112 cm³/mol. The van der Waals surface area contributed by atoms with E-state index in [0.29, 0.717) is 23.1 Å². The van der Waals surface area contributed by atoms with Gasteiger partial charge >= 0.3 is 0 Å². The van der Waals surface area contributed by atoms with Crippen molar-refractivity contribution in [1.82, 2.24) is 10.3 Å². The maximum Gasteiger partial charge on any atom is 0.263 e. The molecule has 0 radical (unpaired) electrons. The van der Waals surface area contributed by atoms with Gasteiger partial charge in [0.1, 0.15) is 15.5 Å². The fourth-order valence-corrected chi connectivity index (χ4v) is 4.86. The highest BCUT2D eigenvalue weighted by atomic mass is 32.1. The molecular weight excluding hydrogens is 358 g/mol. The molecule has 3 aromatic rings. The van der Waals surface area contributed by atoms with Gasteiger partial charge in [-0.25, -0.2) is 4.98 Å². The Kier molecular flexibility index (Phi) is 4.91. The van der Waals surface area contributed by atoms with Crippen molar-refractivity contribution in [3.05, 3.63) is 29.1 Å². The quantitative estimate of drug-likeness (QED) is 0.682. The van der Waals surface area contributed by atoms with Crippen LogP contribution in [0.15, 0.2) is 24.3 Å². The molecule has 0 spiro atoms. The van der Waals surface area contributed by atoms with E-state index in [1.807, 2.05) is 31.2 Å². The largest absolute Gasteiger partial charge is 0.494 e. The van der Waals surface area contributed by atoms with E-state index in [4.69, 9.17) is 15.5 Å². The summed E-state index contributed by atoms with van der Waals surface area (Å²) in [4.78, 5) is 18.9. The van der Waals surface area contributed by atoms with Crippen LogP contribution in [0.1, 0.15) is 49.2 Å². The van der Waals surface area contributed by atoms with E-state index < -0.39 is 0 Å². The number of hydrogen-bond acceptors (Lipinski definition) is 5. The second-order valence-electron chi connectivity index (χ2n) is 7.32.